The molecule has 0 spiro atoms. The molecule has 1 unspecified atom stereocenters. The third-order valence-electron chi connectivity index (χ3n) is 3.05. The van der Waals surface area contributed by atoms with E-state index in [9.17, 15) is 10.1 Å². The van der Waals surface area contributed by atoms with E-state index >= 15 is 0 Å². The lowest BCUT2D eigenvalue weighted by Gasteiger charge is -2.06. The molecule has 0 N–H and O–H groups in total. The highest BCUT2D eigenvalue weighted by Crippen LogP contribution is 2.37. The van der Waals surface area contributed by atoms with E-state index in [1.807, 2.05) is 10.8 Å². The van der Waals surface area contributed by atoms with E-state index in [0.29, 0.717) is 17.1 Å². The molecule has 0 saturated carbocycles. The van der Waals surface area contributed by atoms with Gasteiger partial charge in [0.15, 0.2) is 5.16 Å². The summed E-state index contributed by atoms with van der Waals surface area (Å²) in [6.45, 7) is 0. The zero-order valence-electron chi connectivity index (χ0n) is 9.82. The molecule has 19 heavy (non-hydrogen) atoms. The SMILES string of the molecule is O=[N+]([O-])c1ccccc1-c1cn2c(n1)SCC2CCl. The van der Waals surface area contributed by atoms with Gasteiger partial charge in [0.1, 0.15) is 0 Å². The van der Waals surface area contributed by atoms with E-state index in [-0.39, 0.29) is 16.7 Å². The molecule has 0 aliphatic carbocycles. The molecule has 0 fully saturated rings. The molecule has 2 aromatic rings. The van der Waals surface area contributed by atoms with Crippen molar-refractivity contribution >= 4 is 29.1 Å². The number of nitrogens with zero attached hydrogens (tertiary/aromatic N) is 3. The molecule has 1 aromatic carbocycles. The first-order valence-electron chi connectivity index (χ1n) is 5.72. The van der Waals surface area contributed by atoms with Gasteiger partial charge in [0.25, 0.3) is 5.69 Å². The quantitative estimate of drug-likeness (QED) is 0.495. The number of imidazole rings is 1. The van der Waals surface area contributed by atoms with Crippen LogP contribution in [0.1, 0.15) is 6.04 Å². The van der Waals surface area contributed by atoms with Gasteiger partial charge in [-0.1, -0.05) is 23.9 Å². The van der Waals surface area contributed by atoms with Crippen LogP contribution in [0.4, 0.5) is 5.69 Å². The van der Waals surface area contributed by atoms with Crippen molar-refractivity contribution in [3.63, 3.8) is 0 Å². The van der Waals surface area contributed by atoms with Gasteiger partial charge in [0.2, 0.25) is 0 Å². The number of benzene rings is 1. The van der Waals surface area contributed by atoms with E-state index in [2.05, 4.69) is 4.98 Å². The summed E-state index contributed by atoms with van der Waals surface area (Å²) in [6.07, 6.45) is 1.85. The van der Waals surface area contributed by atoms with E-state index in [1.54, 1.807) is 30.0 Å². The van der Waals surface area contributed by atoms with Crippen molar-refractivity contribution in [3.8, 4) is 11.3 Å². The number of fused-ring (bicyclic) bond motifs is 1. The van der Waals surface area contributed by atoms with Crippen molar-refractivity contribution in [2.45, 2.75) is 11.2 Å². The number of nitro benzene ring substituents is 1. The van der Waals surface area contributed by atoms with Crippen LogP contribution in [0, 0.1) is 10.1 Å². The monoisotopic (exact) mass is 295 g/mol. The van der Waals surface area contributed by atoms with Crippen molar-refractivity contribution in [2.24, 2.45) is 0 Å². The van der Waals surface area contributed by atoms with Crippen molar-refractivity contribution in [1.82, 2.24) is 9.55 Å². The Kier molecular flexibility index (Phi) is 3.20. The highest BCUT2D eigenvalue weighted by Gasteiger charge is 2.26. The van der Waals surface area contributed by atoms with E-state index in [4.69, 9.17) is 11.6 Å². The van der Waals surface area contributed by atoms with Crippen LogP contribution in [0.25, 0.3) is 11.3 Å². The molecule has 0 amide bonds. The molecule has 0 bridgehead atoms. The number of hydrogen-bond acceptors (Lipinski definition) is 4. The third-order valence-corrected chi connectivity index (χ3v) is 4.52. The summed E-state index contributed by atoms with van der Waals surface area (Å²) in [5, 5.41) is 11.9. The molecule has 0 saturated heterocycles. The van der Waals surface area contributed by atoms with Crippen LogP contribution >= 0.6 is 23.4 Å². The maximum atomic E-state index is 11.0. The summed E-state index contributed by atoms with van der Waals surface area (Å²) in [6, 6.07) is 6.86. The Labute approximate surface area is 118 Å². The molecule has 0 radical (unpaired) electrons. The minimum absolute atomic E-state index is 0.0756. The topological polar surface area (TPSA) is 61.0 Å². The Bertz CT molecular complexity index is 644. The number of alkyl halides is 1. The van der Waals surface area contributed by atoms with Crippen LogP contribution in [0.3, 0.4) is 0 Å². The van der Waals surface area contributed by atoms with Crippen LogP contribution < -0.4 is 0 Å². The van der Waals surface area contributed by atoms with Crippen molar-refractivity contribution in [3.05, 3.63) is 40.6 Å². The smallest absolute Gasteiger partial charge is 0.278 e. The summed E-state index contributed by atoms with van der Waals surface area (Å²) < 4.78 is 2.00. The maximum absolute atomic E-state index is 11.0. The normalized spacial score (nSPS) is 17.4. The van der Waals surface area contributed by atoms with Gasteiger partial charge in [-0.25, -0.2) is 4.98 Å². The second-order valence-corrected chi connectivity index (χ2v) is 5.51. The van der Waals surface area contributed by atoms with E-state index < -0.39 is 0 Å². The Morgan fingerprint density at radius 1 is 1.53 bits per heavy atom. The van der Waals surface area contributed by atoms with Gasteiger partial charge in [-0.15, -0.1) is 11.6 Å². The van der Waals surface area contributed by atoms with Crippen LogP contribution in [-0.4, -0.2) is 26.1 Å². The molecule has 98 valence electrons. The number of nitro groups is 1. The first-order valence-corrected chi connectivity index (χ1v) is 7.24. The molecular weight excluding hydrogens is 286 g/mol. The summed E-state index contributed by atoms with van der Waals surface area (Å²) >= 11 is 7.53. The third kappa shape index (κ3) is 2.11. The van der Waals surface area contributed by atoms with Gasteiger partial charge in [-0.05, 0) is 6.07 Å². The predicted octanol–water partition coefficient (Wildman–Crippen LogP) is 3.34. The molecule has 1 atom stereocenters. The number of hydrogen-bond donors (Lipinski definition) is 0. The van der Waals surface area contributed by atoms with Crippen LogP contribution in [0.5, 0.6) is 0 Å². The molecule has 5 nitrogen and oxygen atoms in total. The van der Waals surface area contributed by atoms with Gasteiger partial charge >= 0.3 is 0 Å². The first-order chi connectivity index (χ1) is 9.20. The largest absolute Gasteiger partial charge is 0.320 e. The number of para-hydroxylation sites is 1. The minimum Gasteiger partial charge on any atom is -0.320 e. The lowest BCUT2D eigenvalue weighted by Crippen LogP contribution is -2.06. The fourth-order valence-corrected chi connectivity index (χ4v) is 3.61. The molecule has 7 heteroatoms. The summed E-state index contributed by atoms with van der Waals surface area (Å²) in [7, 11) is 0. The first kappa shape index (κ1) is 12.5. The fourth-order valence-electron chi connectivity index (χ4n) is 2.09. The van der Waals surface area contributed by atoms with Crippen molar-refractivity contribution < 1.29 is 4.92 Å². The molecule has 2 heterocycles. The fraction of sp³-hybridized carbons (Fsp3) is 0.250. The predicted molar refractivity (Wildman–Crippen MR) is 74.8 cm³/mol. The van der Waals surface area contributed by atoms with Crippen molar-refractivity contribution in [2.75, 3.05) is 11.6 Å². The van der Waals surface area contributed by atoms with Crippen molar-refractivity contribution in [1.29, 1.82) is 0 Å². The van der Waals surface area contributed by atoms with Gasteiger partial charge in [0.05, 0.1) is 22.2 Å². The van der Waals surface area contributed by atoms with Gasteiger partial charge in [-0.2, -0.15) is 0 Å². The standard InChI is InChI=1S/C12H10ClN3O2S/c13-5-8-7-19-12-14-10(6-15(8)12)9-3-1-2-4-11(9)16(17)18/h1-4,6,8H,5,7H2. The van der Waals surface area contributed by atoms with Gasteiger partial charge in [-0.3, -0.25) is 10.1 Å². The highest BCUT2D eigenvalue weighted by molar-refractivity contribution is 7.99. The lowest BCUT2D eigenvalue weighted by molar-refractivity contribution is -0.384. The second-order valence-electron chi connectivity index (χ2n) is 4.21. The Balaban J connectivity index is 2.07. The molecule has 1 aliphatic rings. The number of thioether (sulfide) groups is 1. The van der Waals surface area contributed by atoms with Gasteiger partial charge < -0.3 is 4.57 Å². The number of rotatable bonds is 3. The van der Waals surface area contributed by atoms with E-state index in [0.717, 1.165) is 10.9 Å². The Morgan fingerprint density at radius 3 is 3.05 bits per heavy atom. The average Bonchev–Trinajstić information content (AvgIpc) is 2.98. The van der Waals surface area contributed by atoms with Crippen LogP contribution in [-0.2, 0) is 0 Å². The number of halogens is 1. The maximum Gasteiger partial charge on any atom is 0.278 e. The molecule has 1 aromatic heterocycles. The van der Waals surface area contributed by atoms with Crippen LogP contribution in [0.15, 0.2) is 35.6 Å². The summed E-state index contributed by atoms with van der Waals surface area (Å²) in [5.74, 6) is 1.43. The minimum atomic E-state index is -0.383. The Morgan fingerprint density at radius 2 is 2.32 bits per heavy atom. The molecular formula is C12H10ClN3O2S. The zero-order valence-corrected chi connectivity index (χ0v) is 11.4. The Hall–Kier alpha value is -1.53. The molecule has 1 aliphatic heterocycles. The highest BCUT2D eigenvalue weighted by atomic mass is 35.5. The zero-order chi connectivity index (χ0) is 13.4. The average molecular weight is 296 g/mol. The lowest BCUT2D eigenvalue weighted by atomic mass is 10.1. The number of aromatic nitrogens is 2. The van der Waals surface area contributed by atoms with Gasteiger partial charge in [0, 0.05) is 23.9 Å². The molecule has 3 rings (SSSR count). The van der Waals surface area contributed by atoms with Crippen LogP contribution in [0.2, 0.25) is 0 Å². The summed E-state index contributed by atoms with van der Waals surface area (Å²) in [4.78, 5) is 15.1. The second kappa shape index (κ2) is 4.86. The van der Waals surface area contributed by atoms with E-state index in [1.165, 1.54) is 6.07 Å². The summed E-state index contributed by atoms with van der Waals surface area (Å²) in [5.41, 5.74) is 1.25.